The van der Waals surface area contributed by atoms with E-state index in [1.165, 1.54) is 0 Å². The molecule has 3 atom stereocenters. The highest BCUT2D eigenvalue weighted by molar-refractivity contribution is 6.03. The van der Waals surface area contributed by atoms with Crippen LogP contribution in [0.15, 0.2) is 24.3 Å². The predicted molar refractivity (Wildman–Crippen MR) is 125 cm³/mol. The van der Waals surface area contributed by atoms with Crippen LogP contribution >= 0.6 is 0 Å². The molecular formula is C26H32N4O4. The lowest BCUT2D eigenvalue weighted by atomic mass is 9.99. The van der Waals surface area contributed by atoms with Crippen molar-refractivity contribution in [3.8, 4) is 6.07 Å². The zero-order chi connectivity index (χ0) is 24.4. The summed E-state index contributed by atoms with van der Waals surface area (Å²) in [6.45, 7) is 5.23. The average Bonchev–Trinajstić information content (AvgIpc) is 3.62. The fourth-order valence-corrected chi connectivity index (χ4v) is 5.43. The van der Waals surface area contributed by atoms with Crippen LogP contribution in [0.25, 0.3) is 0 Å². The third-order valence-corrected chi connectivity index (χ3v) is 7.25. The molecule has 0 aliphatic carbocycles. The van der Waals surface area contributed by atoms with Gasteiger partial charge in [-0.25, -0.2) is 0 Å². The summed E-state index contributed by atoms with van der Waals surface area (Å²) in [5.74, 6) is -0.765. The molecule has 3 amide bonds. The molecule has 0 saturated carbocycles. The number of rotatable bonds is 5. The first-order valence-electron chi connectivity index (χ1n) is 12.3. The summed E-state index contributed by atoms with van der Waals surface area (Å²) in [6, 6.07) is 7.36. The maximum atomic E-state index is 13.4. The number of carbonyl (C=O) groups excluding carboxylic acids is 4. The van der Waals surface area contributed by atoms with E-state index < -0.39 is 18.1 Å². The summed E-state index contributed by atoms with van der Waals surface area (Å²) in [7, 11) is 0. The second-order valence-electron chi connectivity index (χ2n) is 9.77. The van der Waals surface area contributed by atoms with Crippen molar-refractivity contribution >= 4 is 23.5 Å². The van der Waals surface area contributed by atoms with Crippen LogP contribution < -0.4 is 0 Å². The Kier molecular flexibility index (Phi) is 7.01. The monoisotopic (exact) mass is 464 g/mol. The van der Waals surface area contributed by atoms with Gasteiger partial charge >= 0.3 is 0 Å². The largest absolute Gasteiger partial charge is 0.329 e. The van der Waals surface area contributed by atoms with Gasteiger partial charge in [-0.15, -0.1) is 0 Å². The van der Waals surface area contributed by atoms with E-state index in [1.807, 2.05) is 13.8 Å². The van der Waals surface area contributed by atoms with Gasteiger partial charge in [-0.2, -0.15) is 5.26 Å². The van der Waals surface area contributed by atoms with Gasteiger partial charge in [0, 0.05) is 36.7 Å². The lowest BCUT2D eigenvalue weighted by Crippen LogP contribution is -2.49. The summed E-state index contributed by atoms with van der Waals surface area (Å²) in [6.07, 6.45) is 4.21. The van der Waals surface area contributed by atoms with Crippen LogP contribution in [-0.2, 0) is 9.59 Å². The van der Waals surface area contributed by atoms with E-state index in [0.717, 1.165) is 19.3 Å². The van der Waals surface area contributed by atoms with E-state index in [9.17, 15) is 24.4 Å². The predicted octanol–water partition coefficient (Wildman–Crippen LogP) is 2.64. The maximum Gasteiger partial charge on any atom is 0.254 e. The van der Waals surface area contributed by atoms with Crippen LogP contribution in [-0.4, -0.2) is 76.0 Å². The van der Waals surface area contributed by atoms with Crippen LogP contribution in [0.2, 0.25) is 0 Å². The molecule has 3 aliphatic rings. The molecule has 3 saturated heterocycles. The number of benzene rings is 1. The molecule has 34 heavy (non-hydrogen) atoms. The number of ketones is 1. The fraction of sp³-hybridized carbons (Fsp3) is 0.577. The van der Waals surface area contributed by atoms with Crippen molar-refractivity contribution in [2.75, 3.05) is 19.6 Å². The van der Waals surface area contributed by atoms with Crippen LogP contribution in [0.1, 0.15) is 73.1 Å². The second-order valence-corrected chi connectivity index (χ2v) is 9.77. The molecule has 8 nitrogen and oxygen atoms in total. The molecule has 8 heteroatoms. The summed E-state index contributed by atoms with van der Waals surface area (Å²) in [4.78, 5) is 57.2. The number of Topliss-reactive ketones (excluding diaryl/α,β-unsaturated/α-hetero) is 1. The molecule has 3 aliphatic heterocycles. The first-order chi connectivity index (χ1) is 16.3. The Labute approximate surface area is 200 Å². The minimum Gasteiger partial charge on any atom is -0.329 e. The van der Waals surface area contributed by atoms with Gasteiger partial charge in [-0.05, 0) is 56.7 Å². The number of carbonyl (C=O) groups is 4. The lowest BCUT2D eigenvalue weighted by molar-refractivity contribution is -0.135. The van der Waals surface area contributed by atoms with E-state index >= 15 is 0 Å². The van der Waals surface area contributed by atoms with E-state index in [-0.39, 0.29) is 29.4 Å². The average molecular weight is 465 g/mol. The maximum absolute atomic E-state index is 13.4. The molecule has 0 aromatic heterocycles. The van der Waals surface area contributed by atoms with E-state index in [1.54, 1.807) is 39.0 Å². The summed E-state index contributed by atoms with van der Waals surface area (Å²) < 4.78 is 0. The lowest BCUT2D eigenvalue weighted by Gasteiger charge is -2.29. The van der Waals surface area contributed by atoms with Crippen LogP contribution in [0, 0.1) is 17.2 Å². The highest BCUT2D eigenvalue weighted by Gasteiger charge is 2.41. The molecule has 180 valence electrons. The van der Waals surface area contributed by atoms with Gasteiger partial charge in [0.15, 0.2) is 5.78 Å². The molecule has 0 spiro atoms. The van der Waals surface area contributed by atoms with Crippen molar-refractivity contribution in [3.63, 3.8) is 0 Å². The van der Waals surface area contributed by atoms with Gasteiger partial charge < -0.3 is 14.7 Å². The van der Waals surface area contributed by atoms with E-state index in [0.29, 0.717) is 50.0 Å². The molecule has 4 rings (SSSR count). The van der Waals surface area contributed by atoms with Gasteiger partial charge in [0.2, 0.25) is 5.91 Å². The van der Waals surface area contributed by atoms with Crippen LogP contribution in [0.5, 0.6) is 0 Å². The smallest absolute Gasteiger partial charge is 0.254 e. The third-order valence-electron chi connectivity index (χ3n) is 7.25. The van der Waals surface area contributed by atoms with Crippen LogP contribution in [0.4, 0.5) is 0 Å². The number of amides is 3. The first kappa shape index (κ1) is 23.9. The second kappa shape index (κ2) is 9.96. The highest BCUT2D eigenvalue weighted by atomic mass is 16.2. The molecule has 0 radical (unpaired) electrons. The zero-order valence-corrected chi connectivity index (χ0v) is 19.9. The Hall–Kier alpha value is -3.21. The van der Waals surface area contributed by atoms with Crippen molar-refractivity contribution in [1.82, 2.24) is 14.7 Å². The fourth-order valence-electron chi connectivity index (χ4n) is 5.43. The molecular weight excluding hydrogens is 432 g/mol. The van der Waals surface area contributed by atoms with Crippen molar-refractivity contribution in [1.29, 1.82) is 5.26 Å². The molecule has 1 aromatic rings. The molecule has 1 aromatic carbocycles. The zero-order valence-electron chi connectivity index (χ0n) is 19.9. The van der Waals surface area contributed by atoms with Gasteiger partial charge in [0.25, 0.3) is 11.8 Å². The van der Waals surface area contributed by atoms with Crippen molar-refractivity contribution in [2.24, 2.45) is 5.92 Å². The van der Waals surface area contributed by atoms with Crippen molar-refractivity contribution in [3.05, 3.63) is 35.4 Å². The normalized spacial score (nSPS) is 24.5. The number of likely N-dealkylation sites (tertiary alicyclic amines) is 3. The summed E-state index contributed by atoms with van der Waals surface area (Å²) in [5.41, 5.74) is 0.732. The summed E-state index contributed by atoms with van der Waals surface area (Å²) in [5, 5.41) is 9.36. The molecule has 0 N–H and O–H groups in total. The van der Waals surface area contributed by atoms with Crippen molar-refractivity contribution in [2.45, 2.75) is 70.5 Å². The minimum atomic E-state index is -0.576. The Morgan fingerprint density at radius 3 is 1.97 bits per heavy atom. The van der Waals surface area contributed by atoms with Crippen LogP contribution in [0.3, 0.4) is 0 Å². The Morgan fingerprint density at radius 2 is 1.38 bits per heavy atom. The molecule has 3 heterocycles. The third kappa shape index (κ3) is 4.44. The van der Waals surface area contributed by atoms with E-state index in [2.05, 4.69) is 6.07 Å². The first-order valence-corrected chi connectivity index (χ1v) is 12.3. The van der Waals surface area contributed by atoms with Crippen molar-refractivity contribution < 1.29 is 19.2 Å². The molecule has 0 unspecified atom stereocenters. The van der Waals surface area contributed by atoms with E-state index in [4.69, 9.17) is 0 Å². The Morgan fingerprint density at radius 1 is 0.853 bits per heavy atom. The van der Waals surface area contributed by atoms with Gasteiger partial charge in [-0.1, -0.05) is 19.9 Å². The number of nitriles is 1. The molecule has 3 fully saturated rings. The SMILES string of the molecule is CC(C)C(=O)[C@H]1CCCN1C(=O)c1cccc(C(=O)N2CCC[C@H]2C(=O)N2CCC[C@@H]2C#N)c1. The standard InChI is InChI=1S/C26H32N4O4/c1-17(2)23(31)21-10-5-13-29(21)24(32)18-7-3-8-19(15-18)25(33)30-14-6-11-22(30)26(34)28-12-4-9-20(28)16-27/h3,7-8,15,17,20-22H,4-6,9-14H2,1-2H3/t20-,21-,22+/m1/s1. The van der Waals surface area contributed by atoms with Gasteiger partial charge in [0.1, 0.15) is 12.1 Å². The quantitative estimate of drug-likeness (QED) is 0.667. The molecule has 0 bridgehead atoms. The highest BCUT2D eigenvalue weighted by Crippen LogP contribution is 2.27. The van der Waals surface area contributed by atoms with Gasteiger partial charge in [0.05, 0.1) is 12.1 Å². The van der Waals surface area contributed by atoms with Gasteiger partial charge in [-0.3, -0.25) is 19.2 Å². The topological polar surface area (TPSA) is 102 Å². The number of hydrogen-bond donors (Lipinski definition) is 0. The Balaban J connectivity index is 1.51. The Bertz CT molecular complexity index is 1030. The number of nitrogens with zero attached hydrogens (tertiary/aromatic N) is 4. The summed E-state index contributed by atoms with van der Waals surface area (Å²) >= 11 is 0. The number of hydrogen-bond acceptors (Lipinski definition) is 5. The minimum absolute atomic E-state index is 0.0640.